The predicted molar refractivity (Wildman–Crippen MR) is 130 cm³/mol. The standard InChI is InChI=1S/C26H29N3O3/c1-25(2)20-10-6-7-11-21(20)28(3)26(25)17-27-24-19-9-5-4-8-18(19)22(16-23(24)32-26)29(12-14-30)13-15-31/h4-11,16-17,30-31H,12-15H2,1-3H3. The largest absolute Gasteiger partial charge is 0.459 e. The first-order chi connectivity index (χ1) is 15.4. The first-order valence-corrected chi connectivity index (χ1v) is 11.0. The van der Waals surface area contributed by atoms with E-state index in [2.05, 4.69) is 44.0 Å². The second kappa shape index (κ2) is 7.50. The summed E-state index contributed by atoms with van der Waals surface area (Å²) in [4.78, 5) is 9.13. The number of para-hydroxylation sites is 1. The molecule has 6 heteroatoms. The molecule has 1 atom stereocenters. The molecule has 3 aromatic carbocycles. The van der Waals surface area contributed by atoms with E-state index in [0.29, 0.717) is 18.8 Å². The van der Waals surface area contributed by atoms with E-state index in [4.69, 9.17) is 9.73 Å². The van der Waals surface area contributed by atoms with Crippen molar-refractivity contribution in [2.45, 2.75) is 25.0 Å². The van der Waals surface area contributed by atoms with E-state index in [-0.39, 0.29) is 18.6 Å². The Morgan fingerprint density at radius 2 is 1.62 bits per heavy atom. The molecule has 2 N–H and O–H groups in total. The van der Waals surface area contributed by atoms with Crippen LogP contribution in [0.25, 0.3) is 10.8 Å². The Balaban J connectivity index is 1.69. The topological polar surface area (TPSA) is 68.5 Å². The molecule has 0 bridgehead atoms. The first-order valence-electron chi connectivity index (χ1n) is 11.0. The number of aliphatic hydroxyl groups excluding tert-OH is 2. The van der Waals surface area contributed by atoms with Crippen LogP contribution in [-0.2, 0) is 5.41 Å². The van der Waals surface area contributed by atoms with Gasteiger partial charge in [0.05, 0.1) is 24.8 Å². The number of anilines is 2. The molecule has 1 unspecified atom stereocenters. The molecule has 0 saturated carbocycles. The van der Waals surface area contributed by atoms with Gasteiger partial charge in [-0.3, -0.25) is 4.99 Å². The summed E-state index contributed by atoms with van der Waals surface area (Å²) >= 11 is 0. The second-order valence-electron chi connectivity index (χ2n) is 8.98. The normalized spacial score (nSPS) is 20.3. The van der Waals surface area contributed by atoms with Gasteiger partial charge in [0.2, 0.25) is 5.72 Å². The van der Waals surface area contributed by atoms with Gasteiger partial charge in [-0.1, -0.05) is 42.5 Å². The average molecular weight is 432 g/mol. The molecule has 5 rings (SSSR count). The number of aliphatic imine (C=N–C) groups is 1. The van der Waals surface area contributed by atoms with Crippen molar-refractivity contribution in [3.8, 4) is 5.75 Å². The molecule has 1 spiro atoms. The van der Waals surface area contributed by atoms with Gasteiger partial charge in [-0.15, -0.1) is 0 Å². The van der Waals surface area contributed by atoms with Gasteiger partial charge in [-0.25, -0.2) is 0 Å². The molecule has 0 aliphatic carbocycles. The Morgan fingerprint density at radius 3 is 2.31 bits per heavy atom. The van der Waals surface area contributed by atoms with Gasteiger partial charge >= 0.3 is 0 Å². The smallest absolute Gasteiger partial charge is 0.228 e. The Hall–Kier alpha value is -3.09. The molecule has 166 valence electrons. The zero-order valence-corrected chi connectivity index (χ0v) is 18.7. The second-order valence-corrected chi connectivity index (χ2v) is 8.98. The van der Waals surface area contributed by atoms with Crippen LogP contribution >= 0.6 is 0 Å². The maximum absolute atomic E-state index is 9.62. The lowest BCUT2D eigenvalue weighted by Crippen LogP contribution is -2.61. The van der Waals surface area contributed by atoms with Crippen molar-refractivity contribution in [2.24, 2.45) is 4.99 Å². The third kappa shape index (κ3) is 2.76. The van der Waals surface area contributed by atoms with Crippen LogP contribution in [0.5, 0.6) is 5.75 Å². The molecule has 0 amide bonds. The summed E-state index contributed by atoms with van der Waals surface area (Å²) in [6, 6.07) is 18.5. The fourth-order valence-corrected chi connectivity index (χ4v) is 5.26. The van der Waals surface area contributed by atoms with Gasteiger partial charge in [-0.05, 0) is 25.5 Å². The molecular formula is C26H29N3O3. The molecular weight excluding hydrogens is 402 g/mol. The summed E-state index contributed by atoms with van der Waals surface area (Å²) in [5.41, 5.74) is 2.99. The lowest BCUT2D eigenvalue weighted by molar-refractivity contribution is 0.0827. The molecule has 0 aromatic heterocycles. The minimum atomic E-state index is -0.762. The number of benzene rings is 3. The minimum absolute atomic E-state index is 0.000558. The van der Waals surface area contributed by atoms with Crippen molar-refractivity contribution in [3.63, 3.8) is 0 Å². The highest BCUT2D eigenvalue weighted by Gasteiger charge is 2.58. The van der Waals surface area contributed by atoms with E-state index in [9.17, 15) is 10.2 Å². The fraction of sp³-hybridized carbons (Fsp3) is 0.346. The highest BCUT2D eigenvalue weighted by Crippen LogP contribution is 2.55. The van der Waals surface area contributed by atoms with Crippen molar-refractivity contribution < 1.29 is 14.9 Å². The Labute approximate surface area is 188 Å². The number of likely N-dealkylation sites (N-methyl/N-ethyl adjacent to an activating group) is 1. The first kappa shape index (κ1) is 20.8. The summed E-state index contributed by atoms with van der Waals surface area (Å²) in [6.45, 7) is 5.23. The molecule has 32 heavy (non-hydrogen) atoms. The lowest BCUT2D eigenvalue weighted by Gasteiger charge is -2.45. The number of fused-ring (bicyclic) bond motifs is 4. The van der Waals surface area contributed by atoms with E-state index in [1.54, 1.807) is 0 Å². The summed E-state index contributed by atoms with van der Waals surface area (Å²) in [7, 11) is 2.05. The van der Waals surface area contributed by atoms with Crippen molar-refractivity contribution in [1.29, 1.82) is 0 Å². The predicted octanol–water partition coefficient (Wildman–Crippen LogP) is 3.85. The van der Waals surface area contributed by atoms with Crippen LogP contribution in [0, 0.1) is 0 Å². The zero-order chi connectivity index (χ0) is 22.5. The number of ether oxygens (including phenoxy) is 1. The van der Waals surface area contributed by atoms with Gasteiger partial charge in [-0.2, -0.15) is 0 Å². The van der Waals surface area contributed by atoms with Crippen LogP contribution in [0.1, 0.15) is 19.4 Å². The molecule has 0 radical (unpaired) electrons. The van der Waals surface area contributed by atoms with Gasteiger partial charge < -0.3 is 24.7 Å². The van der Waals surface area contributed by atoms with Crippen molar-refractivity contribution >= 4 is 34.0 Å². The van der Waals surface area contributed by atoms with Crippen LogP contribution in [-0.4, -0.2) is 55.5 Å². The number of aliphatic hydroxyl groups is 2. The molecule has 2 aliphatic heterocycles. The summed E-state index contributed by atoms with van der Waals surface area (Å²) in [5.74, 6) is 0.704. The van der Waals surface area contributed by atoms with E-state index < -0.39 is 5.72 Å². The van der Waals surface area contributed by atoms with Crippen LogP contribution in [0.4, 0.5) is 17.1 Å². The number of rotatable bonds is 5. The maximum Gasteiger partial charge on any atom is 0.228 e. The number of hydrogen-bond donors (Lipinski definition) is 2. The minimum Gasteiger partial charge on any atom is -0.459 e. The van der Waals surface area contributed by atoms with E-state index in [0.717, 1.165) is 27.8 Å². The summed E-state index contributed by atoms with van der Waals surface area (Å²) in [6.07, 6.45) is 1.95. The Bertz CT molecular complexity index is 1200. The molecule has 0 saturated heterocycles. The van der Waals surface area contributed by atoms with E-state index in [1.807, 2.05) is 47.5 Å². The molecule has 0 fully saturated rings. The molecule has 3 aromatic rings. The van der Waals surface area contributed by atoms with Crippen molar-refractivity contribution in [1.82, 2.24) is 0 Å². The molecule has 2 heterocycles. The molecule has 2 aliphatic rings. The summed E-state index contributed by atoms with van der Waals surface area (Å²) < 4.78 is 6.87. The van der Waals surface area contributed by atoms with Crippen LogP contribution in [0.3, 0.4) is 0 Å². The monoisotopic (exact) mass is 431 g/mol. The van der Waals surface area contributed by atoms with Gasteiger partial charge in [0.15, 0.2) is 5.75 Å². The highest BCUT2D eigenvalue weighted by molar-refractivity contribution is 6.06. The van der Waals surface area contributed by atoms with Crippen LogP contribution in [0.2, 0.25) is 0 Å². The third-order valence-electron chi connectivity index (χ3n) is 7.01. The van der Waals surface area contributed by atoms with Crippen LogP contribution in [0.15, 0.2) is 59.6 Å². The quantitative estimate of drug-likeness (QED) is 0.642. The Kier molecular flexibility index (Phi) is 4.87. The van der Waals surface area contributed by atoms with Gasteiger partial charge in [0.1, 0.15) is 5.69 Å². The van der Waals surface area contributed by atoms with Gasteiger partial charge in [0, 0.05) is 48.4 Å². The van der Waals surface area contributed by atoms with E-state index in [1.165, 1.54) is 5.56 Å². The Morgan fingerprint density at radius 1 is 0.969 bits per heavy atom. The maximum atomic E-state index is 9.62. The number of nitrogens with zero attached hydrogens (tertiary/aromatic N) is 3. The average Bonchev–Trinajstić information content (AvgIpc) is 2.97. The summed E-state index contributed by atoms with van der Waals surface area (Å²) in [5, 5.41) is 21.3. The third-order valence-corrected chi connectivity index (χ3v) is 7.01. The SMILES string of the molecule is CN1c2ccccc2C(C)(C)C12C=Nc1c(cc(N(CCO)CCO)c3ccccc13)O2. The number of hydrogen-bond acceptors (Lipinski definition) is 6. The van der Waals surface area contributed by atoms with Gasteiger partial charge in [0.25, 0.3) is 0 Å². The van der Waals surface area contributed by atoms with Crippen molar-refractivity contribution in [3.05, 3.63) is 60.2 Å². The fourth-order valence-electron chi connectivity index (χ4n) is 5.26. The van der Waals surface area contributed by atoms with Crippen LogP contribution < -0.4 is 14.5 Å². The van der Waals surface area contributed by atoms with E-state index >= 15 is 0 Å². The lowest BCUT2D eigenvalue weighted by atomic mass is 9.77. The molecule has 6 nitrogen and oxygen atoms in total. The highest BCUT2D eigenvalue weighted by atomic mass is 16.5. The zero-order valence-electron chi connectivity index (χ0n) is 18.7. The van der Waals surface area contributed by atoms with Crippen molar-refractivity contribution in [2.75, 3.05) is 43.2 Å².